The van der Waals surface area contributed by atoms with Crippen LogP contribution in [-0.2, 0) is 14.9 Å². The van der Waals surface area contributed by atoms with Crippen molar-refractivity contribution >= 4 is 28.5 Å². The van der Waals surface area contributed by atoms with E-state index in [1.807, 2.05) is 0 Å². The molecule has 0 radical (unpaired) electrons. The number of halogens is 1. The van der Waals surface area contributed by atoms with Crippen LogP contribution in [-0.4, -0.2) is 24.0 Å². The average molecular weight is 352 g/mol. The first-order chi connectivity index (χ1) is 12.5. The molecule has 4 rings (SSSR count). The molecule has 1 heterocycles. The predicted molar refractivity (Wildman–Crippen MR) is 95.6 cm³/mol. The second-order valence-electron chi connectivity index (χ2n) is 6.50. The van der Waals surface area contributed by atoms with E-state index in [1.54, 1.807) is 36.5 Å². The number of aromatic nitrogens is 1. The van der Waals surface area contributed by atoms with Crippen LogP contribution in [0.1, 0.15) is 28.8 Å². The van der Waals surface area contributed by atoms with Gasteiger partial charge in [0.1, 0.15) is 5.82 Å². The van der Waals surface area contributed by atoms with E-state index in [-0.39, 0.29) is 11.7 Å². The third-order valence-electron chi connectivity index (χ3n) is 4.91. The van der Waals surface area contributed by atoms with Gasteiger partial charge in [-0.3, -0.25) is 4.79 Å². The van der Waals surface area contributed by atoms with E-state index in [0.29, 0.717) is 24.1 Å². The van der Waals surface area contributed by atoms with E-state index >= 15 is 0 Å². The van der Waals surface area contributed by atoms with Gasteiger partial charge in [-0.2, -0.15) is 0 Å². The molecule has 26 heavy (non-hydrogen) atoms. The minimum atomic E-state index is -0.646. The number of H-pyrrole nitrogens is 1. The number of anilines is 1. The first-order valence-electron chi connectivity index (χ1n) is 8.30. The van der Waals surface area contributed by atoms with Gasteiger partial charge in [0, 0.05) is 22.8 Å². The van der Waals surface area contributed by atoms with E-state index in [2.05, 4.69) is 15.0 Å². The van der Waals surface area contributed by atoms with E-state index < -0.39 is 11.4 Å². The highest BCUT2D eigenvalue weighted by molar-refractivity contribution is 6.04. The minimum absolute atomic E-state index is 0.131. The lowest BCUT2D eigenvalue weighted by Crippen LogP contribution is -2.27. The van der Waals surface area contributed by atoms with Gasteiger partial charge in [-0.05, 0) is 60.9 Å². The van der Waals surface area contributed by atoms with Crippen molar-refractivity contribution in [3.63, 3.8) is 0 Å². The third-order valence-corrected chi connectivity index (χ3v) is 4.91. The van der Waals surface area contributed by atoms with Crippen molar-refractivity contribution in [2.24, 2.45) is 0 Å². The van der Waals surface area contributed by atoms with Crippen LogP contribution in [0.25, 0.3) is 10.9 Å². The number of carbonyl (C=O) groups is 2. The lowest BCUT2D eigenvalue weighted by atomic mass is 9.94. The van der Waals surface area contributed by atoms with Crippen molar-refractivity contribution in [1.29, 1.82) is 0 Å². The second kappa shape index (κ2) is 5.98. The maximum atomic E-state index is 13.6. The Labute approximate surface area is 149 Å². The summed E-state index contributed by atoms with van der Waals surface area (Å²) in [5.41, 5.74) is 1.99. The molecular weight excluding hydrogens is 335 g/mol. The molecule has 6 heteroatoms. The Morgan fingerprint density at radius 1 is 1.15 bits per heavy atom. The molecule has 0 unspecified atom stereocenters. The zero-order chi connectivity index (χ0) is 18.3. The highest BCUT2D eigenvalue weighted by atomic mass is 19.1. The Hall–Kier alpha value is -3.15. The molecule has 5 nitrogen and oxygen atoms in total. The lowest BCUT2D eigenvalue weighted by Gasteiger charge is -2.15. The fourth-order valence-corrected chi connectivity index (χ4v) is 3.29. The molecule has 0 saturated heterocycles. The highest BCUT2D eigenvalue weighted by Crippen LogP contribution is 2.51. The number of nitrogens with one attached hydrogen (secondary N) is 2. The molecular formula is C20H17FN2O3. The molecule has 132 valence electrons. The molecule has 1 aliphatic carbocycles. The summed E-state index contributed by atoms with van der Waals surface area (Å²) in [5.74, 6) is -0.885. The number of fused-ring (bicyclic) bond motifs is 1. The number of carbonyl (C=O) groups excluding carboxylic acids is 2. The van der Waals surface area contributed by atoms with Crippen LogP contribution in [0.3, 0.4) is 0 Å². The summed E-state index contributed by atoms with van der Waals surface area (Å²) in [6.07, 6.45) is 3.21. The molecule has 0 bridgehead atoms. The van der Waals surface area contributed by atoms with E-state index in [1.165, 1.54) is 19.2 Å². The van der Waals surface area contributed by atoms with Gasteiger partial charge in [0.15, 0.2) is 0 Å². The number of hydrogen-bond donors (Lipinski definition) is 2. The van der Waals surface area contributed by atoms with Crippen molar-refractivity contribution in [2.75, 3.05) is 12.4 Å². The number of methoxy groups -OCH3 is 1. The number of ether oxygens (including phenoxy) is 1. The van der Waals surface area contributed by atoms with Crippen LogP contribution in [0.15, 0.2) is 48.7 Å². The van der Waals surface area contributed by atoms with Gasteiger partial charge >= 0.3 is 5.97 Å². The summed E-state index contributed by atoms with van der Waals surface area (Å²) in [6, 6.07) is 11.0. The van der Waals surface area contributed by atoms with Crippen molar-refractivity contribution < 1.29 is 18.7 Å². The summed E-state index contributed by atoms with van der Waals surface area (Å²) in [5, 5.41) is 3.63. The van der Waals surface area contributed by atoms with Crippen LogP contribution in [0, 0.1) is 5.82 Å². The summed E-state index contributed by atoms with van der Waals surface area (Å²) in [7, 11) is 1.32. The topological polar surface area (TPSA) is 71.2 Å². The largest absolute Gasteiger partial charge is 0.465 e. The number of esters is 1. The molecule has 2 aromatic carbocycles. The normalized spacial score (nSPS) is 14.8. The fraction of sp³-hybridized carbons (Fsp3) is 0.200. The van der Waals surface area contributed by atoms with Gasteiger partial charge in [-0.1, -0.05) is 0 Å². The van der Waals surface area contributed by atoms with Gasteiger partial charge in [0.25, 0.3) is 0 Å². The maximum Gasteiger partial charge on any atom is 0.337 e. The first-order valence-corrected chi connectivity index (χ1v) is 8.30. The van der Waals surface area contributed by atoms with Gasteiger partial charge in [-0.15, -0.1) is 0 Å². The SMILES string of the molecule is COC(=O)c1ccc(NC(=O)C2(c3c[nH]c4ccc(F)cc34)CC2)cc1. The Balaban J connectivity index is 1.59. The number of benzene rings is 2. The summed E-state index contributed by atoms with van der Waals surface area (Å²) >= 11 is 0. The van der Waals surface area contributed by atoms with Gasteiger partial charge in [0.05, 0.1) is 18.1 Å². The van der Waals surface area contributed by atoms with E-state index in [4.69, 9.17) is 0 Å². The van der Waals surface area contributed by atoms with E-state index in [0.717, 1.165) is 16.5 Å². The molecule has 3 aromatic rings. The Bertz CT molecular complexity index is 1000. The third kappa shape index (κ3) is 2.63. The van der Waals surface area contributed by atoms with Gasteiger partial charge < -0.3 is 15.0 Å². The van der Waals surface area contributed by atoms with Crippen LogP contribution < -0.4 is 5.32 Å². The molecule has 1 aliphatic rings. The zero-order valence-electron chi connectivity index (χ0n) is 14.1. The zero-order valence-corrected chi connectivity index (χ0v) is 14.1. The number of aromatic amines is 1. The Morgan fingerprint density at radius 2 is 1.88 bits per heavy atom. The van der Waals surface area contributed by atoms with Crippen molar-refractivity contribution in [1.82, 2.24) is 4.98 Å². The molecule has 1 fully saturated rings. The number of amides is 1. The van der Waals surface area contributed by atoms with Crippen molar-refractivity contribution in [3.05, 3.63) is 65.6 Å². The van der Waals surface area contributed by atoms with Gasteiger partial charge in [0.2, 0.25) is 5.91 Å². The molecule has 0 spiro atoms. The standard InChI is InChI=1S/C20H17FN2O3/c1-26-18(24)12-2-5-14(6-3-12)23-19(25)20(8-9-20)16-11-22-17-7-4-13(21)10-15(16)17/h2-7,10-11,22H,8-9H2,1H3,(H,23,25). The monoisotopic (exact) mass is 352 g/mol. The Morgan fingerprint density at radius 3 is 2.54 bits per heavy atom. The molecule has 0 aliphatic heterocycles. The van der Waals surface area contributed by atoms with Crippen molar-refractivity contribution in [3.8, 4) is 0 Å². The molecule has 2 N–H and O–H groups in total. The van der Waals surface area contributed by atoms with Crippen LogP contribution >= 0.6 is 0 Å². The second-order valence-corrected chi connectivity index (χ2v) is 6.50. The summed E-state index contributed by atoms with van der Waals surface area (Å²) in [4.78, 5) is 27.5. The van der Waals surface area contributed by atoms with Crippen LogP contribution in [0.4, 0.5) is 10.1 Å². The van der Waals surface area contributed by atoms with Crippen LogP contribution in [0.5, 0.6) is 0 Å². The molecule has 1 saturated carbocycles. The Kier molecular flexibility index (Phi) is 3.76. The fourth-order valence-electron chi connectivity index (χ4n) is 3.29. The van der Waals surface area contributed by atoms with Crippen molar-refractivity contribution in [2.45, 2.75) is 18.3 Å². The summed E-state index contributed by atoms with van der Waals surface area (Å²) < 4.78 is 18.3. The first kappa shape index (κ1) is 16.3. The minimum Gasteiger partial charge on any atom is -0.465 e. The molecule has 0 atom stereocenters. The average Bonchev–Trinajstić information content (AvgIpc) is 3.36. The summed E-state index contributed by atoms with van der Waals surface area (Å²) in [6.45, 7) is 0. The number of rotatable bonds is 4. The van der Waals surface area contributed by atoms with E-state index in [9.17, 15) is 14.0 Å². The quantitative estimate of drug-likeness (QED) is 0.702. The van der Waals surface area contributed by atoms with Gasteiger partial charge in [-0.25, -0.2) is 9.18 Å². The lowest BCUT2D eigenvalue weighted by molar-refractivity contribution is -0.118. The predicted octanol–water partition coefficient (Wildman–Crippen LogP) is 3.76. The maximum absolute atomic E-state index is 13.6. The molecule has 1 aromatic heterocycles. The highest BCUT2D eigenvalue weighted by Gasteiger charge is 2.52. The number of hydrogen-bond acceptors (Lipinski definition) is 3. The van der Waals surface area contributed by atoms with Crippen LogP contribution in [0.2, 0.25) is 0 Å². The molecule has 1 amide bonds. The smallest absolute Gasteiger partial charge is 0.337 e.